The van der Waals surface area contributed by atoms with Gasteiger partial charge < -0.3 is 15.5 Å². The molecule has 1 heterocycles. The molecule has 1 aromatic carbocycles. The molecule has 0 unspecified atom stereocenters. The van der Waals surface area contributed by atoms with Crippen LogP contribution in [0.2, 0.25) is 0 Å². The first-order chi connectivity index (χ1) is 9.06. The molecule has 0 aliphatic carbocycles. The van der Waals surface area contributed by atoms with Crippen LogP contribution >= 0.6 is 0 Å². The SMILES string of the molecule is Cc1ncoc1CC(=O)Nc1ccc(C(N)=O)cc1. The van der Waals surface area contributed by atoms with Crippen molar-refractivity contribution < 1.29 is 14.0 Å². The highest BCUT2D eigenvalue weighted by atomic mass is 16.3. The second-order valence-corrected chi connectivity index (χ2v) is 4.03. The van der Waals surface area contributed by atoms with Crippen LogP contribution < -0.4 is 11.1 Å². The van der Waals surface area contributed by atoms with Gasteiger partial charge in [0.25, 0.3) is 0 Å². The number of nitrogens with one attached hydrogen (secondary N) is 1. The Kier molecular flexibility index (Phi) is 3.61. The molecule has 2 aromatic rings. The van der Waals surface area contributed by atoms with Crippen LogP contribution in [0.15, 0.2) is 35.1 Å². The summed E-state index contributed by atoms with van der Waals surface area (Å²) < 4.78 is 5.09. The van der Waals surface area contributed by atoms with Gasteiger partial charge in [-0.2, -0.15) is 0 Å². The summed E-state index contributed by atoms with van der Waals surface area (Å²) in [5.74, 6) is -0.187. The number of nitrogens with two attached hydrogens (primary N) is 1. The van der Waals surface area contributed by atoms with Crippen LogP contribution in [-0.4, -0.2) is 16.8 Å². The average Bonchev–Trinajstić information content (AvgIpc) is 2.75. The first kappa shape index (κ1) is 12.8. The van der Waals surface area contributed by atoms with Crippen LogP contribution in [0.25, 0.3) is 0 Å². The highest BCUT2D eigenvalue weighted by molar-refractivity contribution is 5.95. The standard InChI is InChI=1S/C13H13N3O3/c1-8-11(19-7-15-8)6-12(17)16-10-4-2-9(3-5-10)13(14)18/h2-5,7H,6H2,1H3,(H2,14,18)(H,16,17). The fourth-order valence-corrected chi connectivity index (χ4v) is 1.56. The molecule has 0 spiro atoms. The Morgan fingerprint density at radius 3 is 2.53 bits per heavy atom. The van der Waals surface area contributed by atoms with Crippen LogP contribution in [-0.2, 0) is 11.2 Å². The van der Waals surface area contributed by atoms with Gasteiger partial charge in [-0.25, -0.2) is 4.98 Å². The normalized spacial score (nSPS) is 10.2. The van der Waals surface area contributed by atoms with E-state index in [0.717, 1.165) is 0 Å². The molecule has 0 aliphatic rings. The minimum Gasteiger partial charge on any atom is -0.448 e. The van der Waals surface area contributed by atoms with Gasteiger partial charge in [-0.05, 0) is 31.2 Å². The van der Waals surface area contributed by atoms with Gasteiger partial charge in [0.15, 0.2) is 6.39 Å². The quantitative estimate of drug-likeness (QED) is 0.863. The molecule has 6 heteroatoms. The number of hydrogen-bond acceptors (Lipinski definition) is 4. The number of aryl methyl sites for hydroxylation is 1. The van der Waals surface area contributed by atoms with Gasteiger partial charge >= 0.3 is 0 Å². The lowest BCUT2D eigenvalue weighted by Crippen LogP contribution is -2.15. The van der Waals surface area contributed by atoms with E-state index < -0.39 is 5.91 Å². The Morgan fingerprint density at radius 2 is 2.00 bits per heavy atom. The summed E-state index contributed by atoms with van der Waals surface area (Å²) in [5.41, 5.74) is 6.80. The predicted molar refractivity (Wildman–Crippen MR) is 68.5 cm³/mol. The number of nitrogens with zero attached hydrogens (tertiary/aromatic N) is 1. The number of amides is 2. The van der Waals surface area contributed by atoms with Crippen LogP contribution in [0.5, 0.6) is 0 Å². The maximum Gasteiger partial charge on any atom is 0.248 e. The zero-order valence-electron chi connectivity index (χ0n) is 10.3. The van der Waals surface area contributed by atoms with E-state index in [4.69, 9.17) is 10.2 Å². The Hall–Kier alpha value is -2.63. The third kappa shape index (κ3) is 3.19. The largest absolute Gasteiger partial charge is 0.448 e. The minimum absolute atomic E-state index is 0.114. The van der Waals surface area contributed by atoms with Crippen molar-refractivity contribution in [2.75, 3.05) is 5.32 Å². The fraction of sp³-hybridized carbons (Fsp3) is 0.154. The molecule has 19 heavy (non-hydrogen) atoms. The number of rotatable bonds is 4. The molecular formula is C13H13N3O3. The van der Waals surface area contributed by atoms with E-state index >= 15 is 0 Å². The van der Waals surface area contributed by atoms with E-state index in [1.54, 1.807) is 31.2 Å². The van der Waals surface area contributed by atoms with Crippen molar-refractivity contribution in [2.24, 2.45) is 5.73 Å². The topological polar surface area (TPSA) is 98.2 Å². The summed E-state index contributed by atoms with van der Waals surface area (Å²) in [6, 6.07) is 6.34. The molecule has 2 rings (SSSR count). The first-order valence-electron chi connectivity index (χ1n) is 5.65. The number of carbonyl (C=O) groups excluding carboxylic acids is 2. The summed E-state index contributed by atoms with van der Waals surface area (Å²) in [6.45, 7) is 1.77. The summed E-state index contributed by atoms with van der Waals surface area (Å²) in [4.78, 5) is 26.6. The number of carbonyl (C=O) groups is 2. The number of oxazole rings is 1. The monoisotopic (exact) mass is 259 g/mol. The molecule has 1 aromatic heterocycles. The van der Waals surface area contributed by atoms with E-state index in [1.807, 2.05) is 0 Å². The smallest absolute Gasteiger partial charge is 0.248 e. The van der Waals surface area contributed by atoms with E-state index in [1.165, 1.54) is 6.39 Å². The Labute approximate surface area is 109 Å². The van der Waals surface area contributed by atoms with Gasteiger partial charge in [0, 0.05) is 11.3 Å². The lowest BCUT2D eigenvalue weighted by Gasteiger charge is -2.04. The van der Waals surface area contributed by atoms with Gasteiger partial charge in [-0.15, -0.1) is 0 Å². The first-order valence-corrected chi connectivity index (χ1v) is 5.65. The van der Waals surface area contributed by atoms with Crippen molar-refractivity contribution in [3.05, 3.63) is 47.7 Å². The molecule has 0 bridgehead atoms. The number of benzene rings is 1. The number of hydrogen-bond donors (Lipinski definition) is 2. The van der Waals surface area contributed by atoms with Gasteiger partial charge in [0.05, 0.1) is 12.1 Å². The van der Waals surface area contributed by atoms with E-state index in [-0.39, 0.29) is 12.3 Å². The Balaban J connectivity index is 1.99. The molecule has 6 nitrogen and oxygen atoms in total. The molecular weight excluding hydrogens is 246 g/mol. The van der Waals surface area contributed by atoms with Crippen LogP contribution in [0.3, 0.4) is 0 Å². The average molecular weight is 259 g/mol. The fourth-order valence-electron chi connectivity index (χ4n) is 1.56. The lowest BCUT2D eigenvalue weighted by molar-refractivity contribution is -0.115. The molecule has 0 saturated carbocycles. The highest BCUT2D eigenvalue weighted by Gasteiger charge is 2.10. The molecule has 0 aliphatic heterocycles. The van der Waals surface area contributed by atoms with Gasteiger partial charge in [-0.3, -0.25) is 9.59 Å². The summed E-state index contributed by atoms with van der Waals surface area (Å²) in [6.07, 6.45) is 1.42. The zero-order chi connectivity index (χ0) is 13.8. The van der Waals surface area contributed by atoms with Crippen molar-refractivity contribution >= 4 is 17.5 Å². The second kappa shape index (κ2) is 5.34. The molecule has 0 fully saturated rings. The van der Waals surface area contributed by atoms with Crippen molar-refractivity contribution in [2.45, 2.75) is 13.3 Å². The summed E-state index contributed by atoms with van der Waals surface area (Å²) in [5, 5.41) is 2.69. The number of aromatic nitrogens is 1. The lowest BCUT2D eigenvalue weighted by atomic mass is 10.2. The highest BCUT2D eigenvalue weighted by Crippen LogP contribution is 2.11. The van der Waals surface area contributed by atoms with Crippen molar-refractivity contribution in [1.29, 1.82) is 0 Å². The zero-order valence-corrected chi connectivity index (χ0v) is 10.3. The van der Waals surface area contributed by atoms with Crippen LogP contribution in [0.4, 0.5) is 5.69 Å². The molecule has 3 N–H and O–H groups in total. The summed E-state index contributed by atoms with van der Waals surface area (Å²) in [7, 11) is 0. The van der Waals surface area contributed by atoms with E-state index in [0.29, 0.717) is 22.7 Å². The van der Waals surface area contributed by atoms with Crippen LogP contribution in [0, 0.1) is 6.92 Å². The third-order valence-electron chi connectivity index (χ3n) is 2.62. The third-order valence-corrected chi connectivity index (χ3v) is 2.62. The molecule has 0 radical (unpaired) electrons. The minimum atomic E-state index is -0.504. The molecule has 98 valence electrons. The molecule has 0 saturated heterocycles. The number of anilines is 1. The maximum absolute atomic E-state index is 11.8. The Bertz CT molecular complexity index is 602. The van der Waals surface area contributed by atoms with Crippen molar-refractivity contribution in [3.8, 4) is 0 Å². The predicted octanol–water partition coefficient (Wildman–Crippen LogP) is 1.26. The maximum atomic E-state index is 11.8. The van der Waals surface area contributed by atoms with Gasteiger partial charge in [0.1, 0.15) is 5.76 Å². The molecule has 2 amide bonds. The Morgan fingerprint density at radius 1 is 1.32 bits per heavy atom. The van der Waals surface area contributed by atoms with Crippen molar-refractivity contribution in [3.63, 3.8) is 0 Å². The van der Waals surface area contributed by atoms with Gasteiger partial charge in [-0.1, -0.05) is 0 Å². The number of primary amides is 1. The second-order valence-electron chi connectivity index (χ2n) is 4.03. The van der Waals surface area contributed by atoms with E-state index in [2.05, 4.69) is 10.3 Å². The van der Waals surface area contributed by atoms with Gasteiger partial charge in [0.2, 0.25) is 11.8 Å². The van der Waals surface area contributed by atoms with E-state index in [9.17, 15) is 9.59 Å². The summed E-state index contributed by atoms with van der Waals surface area (Å²) >= 11 is 0. The van der Waals surface area contributed by atoms with Crippen LogP contribution in [0.1, 0.15) is 21.8 Å². The van der Waals surface area contributed by atoms with Crippen molar-refractivity contribution in [1.82, 2.24) is 4.98 Å². The molecule has 0 atom stereocenters.